The Bertz CT molecular complexity index is 865. The molecule has 2 amide bonds. The third-order valence-corrected chi connectivity index (χ3v) is 4.40. The molecule has 0 unspecified atom stereocenters. The Labute approximate surface area is 163 Å². The molecule has 1 aliphatic heterocycles. The van der Waals surface area contributed by atoms with Crippen LogP contribution < -0.4 is 5.32 Å². The summed E-state index contributed by atoms with van der Waals surface area (Å²) < 4.78 is 20.2. The number of aromatic nitrogens is 1. The number of anilines is 1. The van der Waals surface area contributed by atoms with E-state index in [2.05, 4.69) is 10.3 Å². The molecule has 1 aliphatic rings. The molecule has 7 heteroatoms. The van der Waals surface area contributed by atoms with Crippen LogP contribution in [0.4, 0.5) is 14.9 Å². The molecule has 2 heterocycles. The molecule has 1 aromatic heterocycles. The topological polar surface area (TPSA) is 71.5 Å². The highest BCUT2D eigenvalue weighted by atomic mass is 19.1. The van der Waals surface area contributed by atoms with Crippen molar-refractivity contribution < 1.29 is 18.7 Å². The van der Waals surface area contributed by atoms with Gasteiger partial charge in [-0.1, -0.05) is 12.1 Å². The zero-order chi connectivity index (χ0) is 20.3. The average molecular weight is 385 g/mol. The largest absolute Gasteiger partial charge is 0.444 e. The van der Waals surface area contributed by atoms with Crippen molar-refractivity contribution in [3.63, 3.8) is 0 Å². The van der Waals surface area contributed by atoms with Gasteiger partial charge in [-0.2, -0.15) is 0 Å². The monoisotopic (exact) mass is 385 g/mol. The summed E-state index contributed by atoms with van der Waals surface area (Å²) in [4.78, 5) is 30.2. The summed E-state index contributed by atoms with van der Waals surface area (Å²) in [6.45, 7) is 5.93. The summed E-state index contributed by atoms with van der Waals surface area (Å²) >= 11 is 0. The van der Waals surface area contributed by atoms with Gasteiger partial charge in [-0.3, -0.25) is 9.78 Å². The second-order valence-corrected chi connectivity index (χ2v) is 7.74. The van der Waals surface area contributed by atoms with Crippen LogP contribution in [0.2, 0.25) is 0 Å². The summed E-state index contributed by atoms with van der Waals surface area (Å²) in [7, 11) is 0. The molecule has 1 fully saturated rings. The number of hydrogen-bond donors (Lipinski definition) is 1. The molecule has 1 aromatic carbocycles. The predicted molar refractivity (Wildman–Crippen MR) is 104 cm³/mol. The molecule has 1 atom stereocenters. The Kier molecular flexibility index (Phi) is 5.63. The molecule has 0 radical (unpaired) electrons. The van der Waals surface area contributed by atoms with Crippen LogP contribution >= 0.6 is 0 Å². The van der Waals surface area contributed by atoms with E-state index >= 15 is 0 Å². The van der Waals surface area contributed by atoms with Gasteiger partial charge in [0.05, 0.1) is 6.04 Å². The van der Waals surface area contributed by atoms with E-state index in [0.717, 1.165) is 6.42 Å². The fourth-order valence-electron chi connectivity index (χ4n) is 3.20. The van der Waals surface area contributed by atoms with Crippen LogP contribution in [0.1, 0.15) is 55.7 Å². The quantitative estimate of drug-likeness (QED) is 0.842. The normalized spacial score (nSPS) is 16.7. The highest BCUT2D eigenvalue weighted by Gasteiger charge is 2.34. The molecule has 0 aliphatic carbocycles. The van der Waals surface area contributed by atoms with Crippen molar-refractivity contribution in [2.24, 2.45) is 0 Å². The van der Waals surface area contributed by atoms with E-state index in [1.165, 1.54) is 12.3 Å². The van der Waals surface area contributed by atoms with Gasteiger partial charge < -0.3 is 15.0 Å². The maximum Gasteiger partial charge on any atom is 0.410 e. The van der Waals surface area contributed by atoms with Crippen molar-refractivity contribution in [1.29, 1.82) is 0 Å². The molecule has 1 saturated heterocycles. The van der Waals surface area contributed by atoms with Crippen molar-refractivity contribution in [2.75, 3.05) is 11.9 Å². The molecule has 0 spiro atoms. The molecule has 148 valence electrons. The van der Waals surface area contributed by atoms with E-state index in [1.54, 1.807) is 56.0 Å². The minimum absolute atomic E-state index is 0.249. The SMILES string of the molecule is CC(C)(C)OC(=O)N1CCC[C@@H]1c1ccc(NC(=O)c2ccccn2)cc1F. The molecule has 0 saturated carbocycles. The smallest absolute Gasteiger partial charge is 0.410 e. The Hall–Kier alpha value is -2.96. The number of nitrogens with zero attached hydrogens (tertiary/aromatic N) is 2. The number of ether oxygens (including phenoxy) is 1. The zero-order valence-corrected chi connectivity index (χ0v) is 16.2. The van der Waals surface area contributed by atoms with Crippen molar-refractivity contribution in [3.05, 3.63) is 59.7 Å². The highest BCUT2D eigenvalue weighted by molar-refractivity contribution is 6.02. The van der Waals surface area contributed by atoms with Gasteiger partial charge in [0.25, 0.3) is 5.91 Å². The molecular weight excluding hydrogens is 361 g/mol. The Morgan fingerprint density at radius 3 is 2.68 bits per heavy atom. The van der Waals surface area contributed by atoms with Crippen LogP contribution in [0.3, 0.4) is 0 Å². The van der Waals surface area contributed by atoms with Crippen molar-refractivity contribution in [1.82, 2.24) is 9.88 Å². The predicted octanol–water partition coefficient (Wildman–Crippen LogP) is 4.55. The van der Waals surface area contributed by atoms with Crippen LogP contribution in [-0.2, 0) is 4.74 Å². The number of carbonyl (C=O) groups is 2. The number of carbonyl (C=O) groups excluding carboxylic acids is 2. The van der Waals surface area contributed by atoms with Gasteiger partial charge >= 0.3 is 6.09 Å². The molecular formula is C21H24FN3O3. The van der Waals surface area contributed by atoms with Gasteiger partial charge in [-0.05, 0) is 57.9 Å². The molecule has 2 aromatic rings. The molecule has 1 N–H and O–H groups in total. The number of benzene rings is 1. The second-order valence-electron chi connectivity index (χ2n) is 7.74. The van der Waals surface area contributed by atoms with Gasteiger partial charge in [0.15, 0.2) is 0 Å². The Morgan fingerprint density at radius 2 is 2.04 bits per heavy atom. The lowest BCUT2D eigenvalue weighted by atomic mass is 10.0. The fraction of sp³-hybridized carbons (Fsp3) is 0.381. The first-order chi connectivity index (χ1) is 13.2. The number of amides is 2. The maximum absolute atomic E-state index is 14.8. The summed E-state index contributed by atoms with van der Waals surface area (Å²) in [6, 6.07) is 9.12. The highest BCUT2D eigenvalue weighted by Crippen LogP contribution is 2.35. The molecule has 0 bridgehead atoms. The van der Waals surface area contributed by atoms with E-state index in [-0.39, 0.29) is 11.7 Å². The lowest BCUT2D eigenvalue weighted by Crippen LogP contribution is -2.36. The van der Waals surface area contributed by atoms with E-state index in [9.17, 15) is 14.0 Å². The third-order valence-electron chi connectivity index (χ3n) is 4.40. The molecule has 28 heavy (non-hydrogen) atoms. The van der Waals surface area contributed by atoms with Crippen LogP contribution in [0, 0.1) is 5.82 Å². The van der Waals surface area contributed by atoms with Crippen LogP contribution in [-0.4, -0.2) is 34.0 Å². The van der Waals surface area contributed by atoms with Gasteiger partial charge in [-0.25, -0.2) is 9.18 Å². The Morgan fingerprint density at radius 1 is 1.25 bits per heavy atom. The number of halogens is 1. The number of likely N-dealkylation sites (tertiary alicyclic amines) is 1. The molecule has 6 nitrogen and oxygen atoms in total. The number of nitrogens with one attached hydrogen (secondary N) is 1. The zero-order valence-electron chi connectivity index (χ0n) is 16.2. The second kappa shape index (κ2) is 7.96. The fourth-order valence-corrected chi connectivity index (χ4v) is 3.20. The summed E-state index contributed by atoms with van der Waals surface area (Å²) in [5.41, 5.74) is 0.388. The summed E-state index contributed by atoms with van der Waals surface area (Å²) in [5.74, 6) is -0.886. The van der Waals surface area contributed by atoms with Gasteiger partial charge in [0.2, 0.25) is 0 Å². The van der Waals surface area contributed by atoms with Gasteiger partial charge in [-0.15, -0.1) is 0 Å². The minimum Gasteiger partial charge on any atom is -0.444 e. The number of pyridine rings is 1. The van der Waals surface area contributed by atoms with E-state index in [0.29, 0.717) is 24.2 Å². The lowest BCUT2D eigenvalue weighted by Gasteiger charge is -2.29. The summed E-state index contributed by atoms with van der Waals surface area (Å²) in [6.07, 6.45) is 2.52. The van der Waals surface area contributed by atoms with Gasteiger partial charge in [0.1, 0.15) is 17.1 Å². The molecule has 3 rings (SSSR count). The van der Waals surface area contributed by atoms with Crippen molar-refractivity contribution in [3.8, 4) is 0 Å². The minimum atomic E-state index is -0.609. The summed E-state index contributed by atoms with van der Waals surface area (Å²) in [5, 5.41) is 2.64. The third kappa shape index (κ3) is 4.65. The van der Waals surface area contributed by atoms with Crippen molar-refractivity contribution >= 4 is 17.7 Å². The van der Waals surface area contributed by atoms with Crippen molar-refractivity contribution in [2.45, 2.75) is 45.3 Å². The van der Waals surface area contributed by atoms with E-state index in [4.69, 9.17) is 4.74 Å². The standard InChI is InChI=1S/C21H24FN3O3/c1-21(2,3)28-20(27)25-12-6-8-18(25)15-10-9-14(13-16(15)22)24-19(26)17-7-4-5-11-23-17/h4-5,7,9-11,13,18H,6,8,12H2,1-3H3,(H,24,26)/t18-/m1/s1. The maximum atomic E-state index is 14.8. The first-order valence-electron chi connectivity index (χ1n) is 9.26. The lowest BCUT2D eigenvalue weighted by molar-refractivity contribution is 0.0222. The first kappa shape index (κ1) is 19.8. The Balaban J connectivity index is 1.74. The number of hydrogen-bond acceptors (Lipinski definition) is 4. The van der Waals surface area contributed by atoms with Crippen LogP contribution in [0.15, 0.2) is 42.6 Å². The first-order valence-corrected chi connectivity index (χ1v) is 9.26. The van der Waals surface area contributed by atoms with E-state index in [1.807, 2.05) is 0 Å². The van der Waals surface area contributed by atoms with E-state index < -0.39 is 23.4 Å². The van der Waals surface area contributed by atoms with Gasteiger partial charge in [0, 0.05) is 24.0 Å². The number of rotatable bonds is 3. The van der Waals surface area contributed by atoms with Crippen LogP contribution in [0.5, 0.6) is 0 Å². The van der Waals surface area contributed by atoms with Crippen LogP contribution in [0.25, 0.3) is 0 Å². The average Bonchev–Trinajstić information content (AvgIpc) is 3.11.